The smallest absolute Gasteiger partial charge is 0.410 e. The van der Waals surface area contributed by atoms with Gasteiger partial charge in [-0.25, -0.2) is 9.78 Å². The molecule has 3 rings (SSSR count). The first kappa shape index (κ1) is 13.0. The number of carbonyl (C=O) groups is 1. The zero-order chi connectivity index (χ0) is 13.9. The highest BCUT2D eigenvalue weighted by atomic mass is 35.5. The summed E-state index contributed by atoms with van der Waals surface area (Å²) < 4.78 is 5.31. The molecule has 1 aromatic heterocycles. The van der Waals surface area contributed by atoms with Gasteiger partial charge < -0.3 is 14.6 Å². The topological polar surface area (TPSA) is 58.2 Å². The number of benzene rings is 1. The molecule has 6 heteroatoms. The van der Waals surface area contributed by atoms with Crippen LogP contribution in [0.15, 0.2) is 30.6 Å². The Morgan fingerprint density at radius 2 is 2.30 bits per heavy atom. The molecule has 0 saturated carbocycles. The zero-order valence-electron chi connectivity index (χ0n) is 10.8. The molecule has 0 atom stereocenters. The van der Waals surface area contributed by atoms with Crippen molar-refractivity contribution >= 4 is 17.7 Å². The Morgan fingerprint density at radius 3 is 3.15 bits per heavy atom. The summed E-state index contributed by atoms with van der Waals surface area (Å²) in [6.45, 7) is 1.32. The fourth-order valence-corrected chi connectivity index (χ4v) is 2.40. The summed E-state index contributed by atoms with van der Waals surface area (Å²) in [5, 5.41) is 0.606. The van der Waals surface area contributed by atoms with Crippen LogP contribution in [0.3, 0.4) is 0 Å². The van der Waals surface area contributed by atoms with Crippen LogP contribution >= 0.6 is 11.6 Å². The predicted octanol–water partition coefficient (Wildman–Crippen LogP) is 2.76. The number of ether oxygens (including phenoxy) is 1. The molecule has 1 N–H and O–H groups in total. The average molecular weight is 292 g/mol. The van der Waals surface area contributed by atoms with Crippen LogP contribution in [0.2, 0.25) is 5.02 Å². The maximum atomic E-state index is 12.0. The third kappa shape index (κ3) is 2.63. The summed E-state index contributed by atoms with van der Waals surface area (Å²) in [7, 11) is 0. The molecule has 2 aromatic rings. The van der Waals surface area contributed by atoms with Gasteiger partial charge >= 0.3 is 6.09 Å². The number of nitrogens with zero attached hydrogens (tertiary/aromatic N) is 2. The summed E-state index contributed by atoms with van der Waals surface area (Å²) in [4.78, 5) is 21.0. The number of aromatic amines is 1. The second-order valence-corrected chi connectivity index (χ2v) is 5.05. The highest BCUT2D eigenvalue weighted by molar-refractivity contribution is 6.31. The number of hydrogen-bond donors (Lipinski definition) is 1. The molecule has 1 aliphatic rings. The second kappa shape index (κ2) is 5.54. The fraction of sp³-hybridized carbons (Fsp3) is 0.286. The highest BCUT2D eigenvalue weighted by Crippen LogP contribution is 2.18. The van der Waals surface area contributed by atoms with E-state index in [1.54, 1.807) is 17.3 Å². The maximum absolute atomic E-state index is 12.0. The van der Waals surface area contributed by atoms with Crippen LogP contribution < -0.4 is 0 Å². The first-order valence-electron chi connectivity index (χ1n) is 6.40. The second-order valence-electron chi connectivity index (χ2n) is 4.65. The van der Waals surface area contributed by atoms with Crippen molar-refractivity contribution in [1.82, 2.24) is 14.9 Å². The van der Waals surface area contributed by atoms with Crippen LogP contribution in [-0.4, -0.2) is 27.5 Å². The van der Waals surface area contributed by atoms with E-state index < -0.39 is 0 Å². The number of carbonyl (C=O) groups excluding carboxylic acids is 1. The Morgan fingerprint density at radius 1 is 1.45 bits per heavy atom. The van der Waals surface area contributed by atoms with Crippen LogP contribution in [0.25, 0.3) is 0 Å². The first-order chi connectivity index (χ1) is 9.74. The molecule has 2 heterocycles. The molecular formula is C14H14ClN3O2. The first-order valence-corrected chi connectivity index (χ1v) is 6.78. The van der Waals surface area contributed by atoms with Crippen molar-refractivity contribution in [3.63, 3.8) is 0 Å². The average Bonchev–Trinajstić information content (AvgIpc) is 2.93. The summed E-state index contributed by atoms with van der Waals surface area (Å²) in [6.07, 6.45) is 2.08. The highest BCUT2D eigenvalue weighted by Gasteiger charge is 2.23. The van der Waals surface area contributed by atoms with Gasteiger partial charge in [-0.1, -0.05) is 29.8 Å². The Bertz CT molecular complexity index is 626. The standard InChI is InChI=1S/C14H14ClN3O2/c15-11-4-2-1-3-10(11)8-20-14(19)18-6-5-12-13(7-18)17-9-16-12/h1-4,9H,5-8H2,(H,16,17). The van der Waals surface area contributed by atoms with Crippen molar-refractivity contribution in [2.45, 2.75) is 19.6 Å². The van der Waals surface area contributed by atoms with Gasteiger partial charge in [-0.05, 0) is 6.07 Å². The van der Waals surface area contributed by atoms with Crippen LogP contribution in [0.5, 0.6) is 0 Å². The summed E-state index contributed by atoms with van der Waals surface area (Å²) in [5.41, 5.74) is 2.81. The molecule has 0 spiro atoms. The molecule has 0 radical (unpaired) electrons. The molecule has 0 fully saturated rings. The number of hydrogen-bond acceptors (Lipinski definition) is 3. The summed E-state index contributed by atoms with van der Waals surface area (Å²) >= 11 is 6.03. The number of amides is 1. The van der Waals surface area contributed by atoms with Gasteiger partial charge in [0.15, 0.2) is 0 Å². The van der Waals surface area contributed by atoms with E-state index in [9.17, 15) is 4.79 Å². The van der Waals surface area contributed by atoms with E-state index in [0.717, 1.165) is 23.4 Å². The molecule has 0 aliphatic carbocycles. The number of nitrogens with one attached hydrogen (secondary N) is 1. The Hall–Kier alpha value is -2.01. The number of H-pyrrole nitrogens is 1. The molecule has 104 valence electrons. The number of fused-ring (bicyclic) bond motifs is 1. The van der Waals surface area contributed by atoms with E-state index in [2.05, 4.69) is 9.97 Å². The van der Waals surface area contributed by atoms with Crippen LogP contribution in [0, 0.1) is 0 Å². The van der Waals surface area contributed by atoms with E-state index in [1.165, 1.54) is 0 Å². The molecule has 1 amide bonds. The van der Waals surface area contributed by atoms with E-state index in [0.29, 0.717) is 18.1 Å². The number of halogens is 1. The van der Waals surface area contributed by atoms with Gasteiger partial charge in [0, 0.05) is 23.6 Å². The Balaban J connectivity index is 1.59. The van der Waals surface area contributed by atoms with Crippen LogP contribution in [0.1, 0.15) is 17.0 Å². The maximum Gasteiger partial charge on any atom is 0.410 e. The fourth-order valence-electron chi connectivity index (χ4n) is 2.21. The van der Waals surface area contributed by atoms with Crippen molar-refractivity contribution < 1.29 is 9.53 Å². The largest absolute Gasteiger partial charge is 0.444 e. The molecule has 0 unspecified atom stereocenters. The minimum atomic E-state index is -0.329. The van der Waals surface area contributed by atoms with Gasteiger partial charge in [-0.2, -0.15) is 0 Å². The van der Waals surface area contributed by atoms with E-state index in [1.807, 2.05) is 18.2 Å². The number of rotatable bonds is 2. The predicted molar refractivity (Wildman–Crippen MR) is 74.3 cm³/mol. The van der Waals surface area contributed by atoms with Gasteiger partial charge in [0.25, 0.3) is 0 Å². The lowest BCUT2D eigenvalue weighted by atomic mass is 10.1. The van der Waals surface area contributed by atoms with E-state index in [-0.39, 0.29) is 12.7 Å². The van der Waals surface area contributed by atoms with Gasteiger partial charge in [0.2, 0.25) is 0 Å². The van der Waals surface area contributed by atoms with Crippen LogP contribution in [0.4, 0.5) is 4.79 Å². The Labute approximate surface area is 121 Å². The van der Waals surface area contributed by atoms with Gasteiger partial charge in [0.05, 0.1) is 24.3 Å². The molecule has 0 bridgehead atoms. The number of aromatic nitrogens is 2. The molecule has 1 aliphatic heterocycles. The van der Waals surface area contributed by atoms with E-state index in [4.69, 9.17) is 16.3 Å². The minimum Gasteiger partial charge on any atom is -0.444 e. The van der Waals surface area contributed by atoms with E-state index >= 15 is 0 Å². The zero-order valence-corrected chi connectivity index (χ0v) is 11.6. The molecular weight excluding hydrogens is 278 g/mol. The minimum absolute atomic E-state index is 0.185. The molecule has 5 nitrogen and oxygen atoms in total. The molecule has 20 heavy (non-hydrogen) atoms. The summed E-state index contributed by atoms with van der Waals surface area (Å²) in [6, 6.07) is 7.34. The van der Waals surface area contributed by atoms with Crippen molar-refractivity contribution in [1.29, 1.82) is 0 Å². The van der Waals surface area contributed by atoms with Gasteiger partial charge in [-0.15, -0.1) is 0 Å². The van der Waals surface area contributed by atoms with Crippen molar-refractivity contribution in [3.05, 3.63) is 52.6 Å². The Kier molecular flexibility index (Phi) is 3.60. The lowest BCUT2D eigenvalue weighted by Gasteiger charge is -2.25. The lowest BCUT2D eigenvalue weighted by molar-refractivity contribution is 0.0913. The molecule has 1 aromatic carbocycles. The lowest BCUT2D eigenvalue weighted by Crippen LogP contribution is -2.36. The van der Waals surface area contributed by atoms with Gasteiger partial charge in [-0.3, -0.25) is 0 Å². The van der Waals surface area contributed by atoms with Crippen LogP contribution in [-0.2, 0) is 24.3 Å². The molecule has 0 saturated heterocycles. The SMILES string of the molecule is O=C(OCc1ccccc1Cl)N1CCc2nc[nH]c2C1. The normalized spacial score (nSPS) is 13.9. The third-order valence-corrected chi connectivity index (χ3v) is 3.71. The number of imidazole rings is 1. The van der Waals surface area contributed by atoms with Crippen molar-refractivity contribution in [3.8, 4) is 0 Å². The van der Waals surface area contributed by atoms with Crippen molar-refractivity contribution in [2.75, 3.05) is 6.54 Å². The van der Waals surface area contributed by atoms with Crippen molar-refractivity contribution in [2.24, 2.45) is 0 Å². The monoisotopic (exact) mass is 291 g/mol. The quantitative estimate of drug-likeness (QED) is 0.925. The summed E-state index contributed by atoms with van der Waals surface area (Å²) in [5.74, 6) is 0. The van der Waals surface area contributed by atoms with Gasteiger partial charge in [0.1, 0.15) is 6.61 Å². The third-order valence-electron chi connectivity index (χ3n) is 3.34.